The van der Waals surface area contributed by atoms with E-state index in [1.165, 1.54) is 6.21 Å². The summed E-state index contributed by atoms with van der Waals surface area (Å²) in [6.07, 6.45) is 4.44. The largest absolute Gasteiger partial charge is 1.00 e. The fourth-order valence-electron chi connectivity index (χ4n) is 1.73. The van der Waals surface area contributed by atoms with Crippen LogP contribution in [-0.4, -0.2) is 11.2 Å². The Morgan fingerprint density at radius 3 is 2.79 bits per heavy atom. The smallest absolute Gasteiger partial charge is 0.398 e. The van der Waals surface area contributed by atoms with Crippen molar-refractivity contribution < 1.29 is 29.6 Å². The van der Waals surface area contributed by atoms with Gasteiger partial charge in [-0.1, -0.05) is 17.8 Å². The molecule has 92 valence electrons. The van der Waals surface area contributed by atoms with Crippen molar-refractivity contribution in [2.45, 2.75) is 12.8 Å². The van der Waals surface area contributed by atoms with Gasteiger partial charge in [0.1, 0.15) is 0 Å². The van der Waals surface area contributed by atoms with Gasteiger partial charge in [-0.3, -0.25) is 0 Å². The van der Waals surface area contributed by atoms with Crippen molar-refractivity contribution in [2.24, 2.45) is 0 Å². The van der Waals surface area contributed by atoms with E-state index in [9.17, 15) is 0 Å². The summed E-state index contributed by atoms with van der Waals surface area (Å²) in [4.78, 5) is 4.21. The molecule has 1 heterocycles. The third kappa shape index (κ3) is 4.32. The van der Waals surface area contributed by atoms with Gasteiger partial charge in [0.05, 0.1) is 0 Å². The van der Waals surface area contributed by atoms with Crippen molar-refractivity contribution in [3.8, 4) is 0 Å². The van der Waals surface area contributed by atoms with E-state index >= 15 is 0 Å². The van der Waals surface area contributed by atoms with E-state index in [0.29, 0.717) is 16.3 Å². The fourth-order valence-corrected chi connectivity index (χ4v) is 2.00. The number of nitrogens with one attached hydrogen (secondary N) is 1. The van der Waals surface area contributed by atoms with Gasteiger partial charge in [-0.15, -0.1) is 0 Å². The maximum Gasteiger partial charge on any atom is 1.00 e. The van der Waals surface area contributed by atoms with Crippen molar-refractivity contribution in [3.05, 3.63) is 58.4 Å². The van der Waals surface area contributed by atoms with Gasteiger partial charge in [0.2, 0.25) is 0 Å². The Labute approximate surface area is 140 Å². The predicted molar refractivity (Wildman–Crippen MR) is 74.2 cm³/mol. The molecule has 0 amide bonds. The molecular formula is C14H13ClN3Na. The number of aromatic nitrogens is 1. The first-order chi connectivity index (χ1) is 8.70. The van der Waals surface area contributed by atoms with E-state index in [-0.39, 0.29) is 29.6 Å². The number of benzene rings is 1. The summed E-state index contributed by atoms with van der Waals surface area (Å²) in [7, 11) is 0. The van der Waals surface area contributed by atoms with E-state index in [0.717, 1.165) is 24.1 Å². The van der Waals surface area contributed by atoms with Gasteiger partial charge in [0.15, 0.2) is 0 Å². The van der Waals surface area contributed by atoms with E-state index in [1.54, 1.807) is 12.3 Å². The minimum Gasteiger partial charge on any atom is -0.398 e. The van der Waals surface area contributed by atoms with Gasteiger partial charge in [0, 0.05) is 22.5 Å². The second kappa shape index (κ2) is 7.65. The van der Waals surface area contributed by atoms with Crippen LogP contribution in [0, 0.1) is 11.5 Å². The number of halogens is 1. The van der Waals surface area contributed by atoms with Crippen LogP contribution in [0.5, 0.6) is 0 Å². The van der Waals surface area contributed by atoms with Crippen LogP contribution in [0.1, 0.15) is 16.8 Å². The molecule has 2 aromatic rings. The summed E-state index contributed by atoms with van der Waals surface area (Å²) in [5, 5.41) is 7.85. The van der Waals surface area contributed by atoms with Gasteiger partial charge < -0.3 is 16.1 Å². The molecule has 0 bridgehead atoms. The first kappa shape index (κ1) is 16.2. The molecule has 5 heteroatoms. The number of rotatable bonds is 4. The topological polar surface area (TPSA) is 62.8 Å². The summed E-state index contributed by atoms with van der Waals surface area (Å²) in [6.45, 7) is 0. The molecule has 0 radical (unpaired) electrons. The number of pyridine rings is 1. The number of nitrogen functional groups attached to an aromatic ring is 1. The van der Waals surface area contributed by atoms with E-state index in [1.807, 2.05) is 18.2 Å². The summed E-state index contributed by atoms with van der Waals surface area (Å²) < 4.78 is 0. The maximum absolute atomic E-state index is 7.21. The van der Waals surface area contributed by atoms with Crippen LogP contribution >= 0.6 is 11.6 Å². The normalized spacial score (nSPS) is 9.74. The molecule has 1 aromatic heterocycles. The standard InChI is InChI=1S/C14H13ClN3.Na/c15-13-7-11(9-16)14(17)8-10(13)4-5-12-3-1-2-6-18-12;/h1,3,6-9,16H,4-5,17H2;/q-1;+1. The summed E-state index contributed by atoms with van der Waals surface area (Å²) in [6, 6.07) is 10.2. The number of hydrogen-bond donors (Lipinski definition) is 2. The zero-order valence-corrected chi connectivity index (χ0v) is 13.5. The van der Waals surface area contributed by atoms with Crippen LogP contribution in [0.15, 0.2) is 30.5 Å². The Morgan fingerprint density at radius 2 is 2.16 bits per heavy atom. The molecule has 0 unspecified atom stereocenters. The van der Waals surface area contributed by atoms with E-state index in [4.69, 9.17) is 22.7 Å². The molecule has 0 spiro atoms. The zero-order valence-electron chi connectivity index (χ0n) is 10.8. The third-order valence-corrected chi connectivity index (χ3v) is 3.09. The van der Waals surface area contributed by atoms with Gasteiger partial charge in [-0.05, 0) is 36.2 Å². The van der Waals surface area contributed by atoms with Crippen LogP contribution in [-0.2, 0) is 12.8 Å². The van der Waals surface area contributed by atoms with E-state index < -0.39 is 0 Å². The van der Waals surface area contributed by atoms with E-state index in [2.05, 4.69) is 11.1 Å². The van der Waals surface area contributed by atoms with Gasteiger partial charge >= 0.3 is 29.6 Å². The molecule has 1 aromatic carbocycles. The molecule has 3 nitrogen and oxygen atoms in total. The molecule has 3 N–H and O–H groups in total. The van der Waals surface area contributed by atoms with Crippen LogP contribution in [0.2, 0.25) is 5.02 Å². The van der Waals surface area contributed by atoms with Crippen molar-refractivity contribution in [2.75, 3.05) is 5.73 Å². The Morgan fingerprint density at radius 1 is 1.37 bits per heavy atom. The van der Waals surface area contributed by atoms with Crippen molar-refractivity contribution >= 4 is 23.5 Å². The minimum atomic E-state index is 0. The minimum absolute atomic E-state index is 0. The van der Waals surface area contributed by atoms with Gasteiger partial charge in [-0.2, -0.15) is 6.07 Å². The average Bonchev–Trinajstić information content (AvgIpc) is 2.40. The van der Waals surface area contributed by atoms with Gasteiger partial charge in [-0.25, -0.2) is 12.1 Å². The Hall–Kier alpha value is -0.870. The number of aryl methyl sites for hydroxylation is 2. The molecule has 0 aliphatic carbocycles. The fraction of sp³-hybridized carbons (Fsp3) is 0.143. The molecule has 0 atom stereocenters. The molecule has 2 rings (SSSR count). The molecule has 0 aliphatic heterocycles. The zero-order chi connectivity index (χ0) is 13.0. The Bertz CT molecular complexity index is 558. The number of anilines is 1. The van der Waals surface area contributed by atoms with Crippen LogP contribution in [0.3, 0.4) is 0 Å². The Kier molecular flexibility index (Phi) is 6.52. The number of nitrogens with two attached hydrogens (primary N) is 1. The molecule has 0 saturated heterocycles. The number of hydrogen-bond acceptors (Lipinski definition) is 3. The van der Waals surface area contributed by atoms with Crippen molar-refractivity contribution in [3.63, 3.8) is 0 Å². The summed E-state index contributed by atoms with van der Waals surface area (Å²) in [5.74, 6) is 0. The van der Waals surface area contributed by atoms with Gasteiger partial charge in [0.25, 0.3) is 0 Å². The maximum atomic E-state index is 7.21. The van der Waals surface area contributed by atoms with Crippen LogP contribution in [0.25, 0.3) is 0 Å². The second-order valence-corrected chi connectivity index (χ2v) is 4.37. The molecule has 0 saturated carbocycles. The number of nitrogens with zero attached hydrogens (tertiary/aromatic N) is 1. The Balaban J connectivity index is 0.00000180. The van der Waals surface area contributed by atoms with Crippen LogP contribution < -0.4 is 35.3 Å². The molecule has 19 heavy (non-hydrogen) atoms. The van der Waals surface area contributed by atoms with Crippen LogP contribution in [0.4, 0.5) is 5.69 Å². The summed E-state index contributed by atoms with van der Waals surface area (Å²) in [5.41, 5.74) is 9.05. The molecule has 0 fully saturated rings. The summed E-state index contributed by atoms with van der Waals surface area (Å²) >= 11 is 6.16. The predicted octanol–water partition coefficient (Wildman–Crippen LogP) is -0.0957. The third-order valence-electron chi connectivity index (χ3n) is 2.73. The first-order valence-electron chi connectivity index (χ1n) is 5.60. The SMILES string of the molecule is N=Cc1cc(Cl)c(CCc2cc[c-]cn2)cc1N.[Na+]. The van der Waals surface area contributed by atoms with Crippen molar-refractivity contribution in [1.82, 2.24) is 4.98 Å². The molecular weight excluding hydrogens is 269 g/mol. The quantitative estimate of drug-likeness (QED) is 0.356. The first-order valence-corrected chi connectivity index (χ1v) is 5.98. The average molecular weight is 282 g/mol. The molecule has 0 aliphatic rings. The monoisotopic (exact) mass is 281 g/mol. The second-order valence-electron chi connectivity index (χ2n) is 3.97. The van der Waals surface area contributed by atoms with Crippen molar-refractivity contribution in [1.29, 1.82) is 5.41 Å².